The lowest BCUT2D eigenvalue weighted by Gasteiger charge is -2.44. The van der Waals surface area contributed by atoms with Gasteiger partial charge >= 0.3 is 18.0 Å². The Kier molecular flexibility index (Phi) is 7.85. The molecule has 2 aromatic heterocycles. The Morgan fingerprint density at radius 1 is 1.10 bits per heavy atom. The second-order valence-electron chi connectivity index (χ2n) is 10.1. The van der Waals surface area contributed by atoms with Crippen molar-refractivity contribution in [1.82, 2.24) is 19.4 Å². The van der Waals surface area contributed by atoms with Gasteiger partial charge in [-0.15, -0.1) is 23.1 Å². The first-order chi connectivity index (χ1) is 19.6. The lowest BCUT2D eigenvalue weighted by molar-refractivity contribution is -0.140. The number of nitrogens with zero attached hydrogens (tertiary/aromatic N) is 5. The predicted molar refractivity (Wildman–Crippen MR) is 147 cm³/mol. The van der Waals surface area contributed by atoms with Crippen molar-refractivity contribution >= 4 is 45.7 Å². The summed E-state index contributed by atoms with van der Waals surface area (Å²) in [6.07, 6.45) is -9.24. The van der Waals surface area contributed by atoms with Crippen LogP contribution in [-0.2, 0) is 28.4 Å². The number of methoxy groups -OCH3 is 1. The molecule has 8 nitrogen and oxygen atoms in total. The quantitative estimate of drug-likeness (QED) is 0.286. The van der Waals surface area contributed by atoms with Gasteiger partial charge in [0.25, 0.3) is 0 Å². The number of ether oxygens (including phenoxy) is 1. The van der Waals surface area contributed by atoms with E-state index in [4.69, 9.17) is 4.74 Å². The number of carbonyl (C=O) groups is 1. The van der Waals surface area contributed by atoms with Crippen LogP contribution in [0.2, 0.25) is 0 Å². The first-order valence-corrected chi connectivity index (χ1v) is 14.6. The number of piperazine rings is 1. The highest BCUT2D eigenvalue weighted by atomic mass is 32.2. The number of thiazole rings is 1. The molecule has 3 atom stereocenters. The predicted octanol–water partition coefficient (Wildman–Crippen LogP) is 5.29. The summed E-state index contributed by atoms with van der Waals surface area (Å²) in [5.74, 6) is -0.172. The van der Waals surface area contributed by atoms with Gasteiger partial charge < -0.3 is 14.5 Å². The van der Waals surface area contributed by atoms with Crippen molar-refractivity contribution in [1.29, 1.82) is 0 Å². The van der Waals surface area contributed by atoms with Crippen LogP contribution in [0.1, 0.15) is 25.1 Å². The fourth-order valence-corrected chi connectivity index (χ4v) is 7.77. The lowest BCUT2D eigenvalue weighted by Crippen LogP contribution is -2.58. The Hall–Kier alpha value is -3.11. The summed E-state index contributed by atoms with van der Waals surface area (Å²) in [6.45, 7) is 7.38. The third kappa shape index (κ3) is 5.28. The molecule has 226 valence electrons. The van der Waals surface area contributed by atoms with Crippen LogP contribution in [0.3, 0.4) is 0 Å². The van der Waals surface area contributed by atoms with E-state index in [9.17, 15) is 35.9 Å². The molecule has 0 aliphatic carbocycles. The summed E-state index contributed by atoms with van der Waals surface area (Å²) in [5, 5.41) is 0.218. The molecule has 0 bridgehead atoms. The van der Waals surface area contributed by atoms with Crippen molar-refractivity contribution in [2.45, 2.75) is 55.8 Å². The highest BCUT2D eigenvalue weighted by molar-refractivity contribution is 7.99. The third-order valence-electron chi connectivity index (χ3n) is 7.29. The fourth-order valence-electron chi connectivity index (χ4n) is 5.51. The van der Waals surface area contributed by atoms with E-state index in [0.29, 0.717) is 16.7 Å². The SMILES string of the molecule is C=CC(=O)N1[C@H](C)CN(c2nc(=O)n3c4c(c(-c5nc(C(F)(F)F)cs5)c(C(F)(F)F)cc24)SC[C@@H](OC)C3)C[C@@H]1C. The van der Waals surface area contributed by atoms with E-state index >= 15 is 0 Å². The number of carbonyl (C=O) groups excluding carboxylic acids is 1. The van der Waals surface area contributed by atoms with E-state index in [2.05, 4.69) is 16.5 Å². The number of benzene rings is 1. The second kappa shape index (κ2) is 10.9. The minimum absolute atomic E-state index is 0.000498. The molecule has 2 aliphatic rings. The highest BCUT2D eigenvalue weighted by Gasteiger charge is 2.41. The first kappa shape index (κ1) is 30.4. The number of aromatic nitrogens is 3. The van der Waals surface area contributed by atoms with Crippen molar-refractivity contribution in [3.8, 4) is 10.6 Å². The number of rotatable bonds is 4. The minimum atomic E-state index is -4.98. The van der Waals surface area contributed by atoms with E-state index < -0.39 is 58.1 Å². The fraction of sp³-hybridized carbons (Fsp3) is 0.462. The number of halogens is 6. The average Bonchev–Trinajstić information content (AvgIpc) is 3.32. The Bertz CT molecular complexity index is 1610. The molecular weight excluding hydrogens is 608 g/mol. The molecule has 1 fully saturated rings. The van der Waals surface area contributed by atoms with Gasteiger partial charge in [0.15, 0.2) is 5.69 Å². The Morgan fingerprint density at radius 2 is 1.76 bits per heavy atom. The van der Waals surface area contributed by atoms with Gasteiger partial charge in [0.1, 0.15) is 10.8 Å². The monoisotopic (exact) mass is 633 g/mol. The molecular formula is C26H25F6N5O3S2. The Balaban J connectivity index is 1.81. The number of hydrogen-bond acceptors (Lipinski definition) is 8. The summed E-state index contributed by atoms with van der Waals surface area (Å²) in [6, 6.07) is 0.0579. The van der Waals surface area contributed by atoms with Crippen molar-refractivity contribution in [2.75, 3.05) is 30.9 Å². The Labute approximate surface area is 244 Å². The number of anilines is 1. The molecule has 0 spiro atoms. The van der Waals surface area contributed by atoms with Crippen molar-refractivity contribution in [2.24, 2.45) is 0 Å². The van der Waals surface area contributed by atoms with Crippen LogP contribution in [0, 0.1) is 0 Å². The molecule has 16 heteroatoms. The normalized spacial score (nSPS) is 21.5. The van der Waals surface area contributed by atoms with Gasteiger partial charge in [0.05, 0.1) is 23.7 Å². The van der Waals surface area contributed by atoms with Gasteiger partial charge in [-0.3, -0.25) is 9.36 Å². The number of hydrogen-bond donors (Lipinski definition) is 0. The molecule has 0 N–H and O–H groups in total. The van der Waals surface area contributed by atoms with E-state index in [0.717, 1.165) is 17.8 Å². The molecule has 2 aliphatic heterocycles. The van der Waals surface area contributed by atoms with Crippen LogP contribution >= 0.6 is 23.1 Å². The van der Waals surface area contributed by atoms with Gasteiger partial charge in [-0.05, 0) is 26.0 Å². The van der Waals surface area contributed by atoms with Crippen LogP contribution in [0.4, 0.5) is 32.2 Å². The summed E-state index contributed by atoms with van der Waals surface area (Å²) in [4.78, 5) is 36.9. The molecule has 1 amide bonds. The van der Waals surface area contributed by atoms with E-state index in [1.807, 2.05) is 0 Å². The van der Waals surface area contributed by atoms with E-state index in [-0.39, 0.29) is 52.9 Å². The zero-order valence-corrected chi connectivity index (χ0v) is 24.2. The largest absolute Gasteiger partial charge is 0.434 e. The summed E-state index contributed by atoms with van der Waals surface area (Å²) in [5.41, 5.74) is -3.64. The Morgan fingerprint density at radius 3 is 2.31 bits per heavy atom. The number of alkyl halides is 6. The van der Waals surface area contributed by atoms with Gasteiger partial charge in [-0.25, -0.2) is 9.78 Å². The molecule has 0 radical (unpaired) electrons. The van der Waals surface area contributed by atoms with E-state index in [1.54, 1.807) is 23.6 Å². The number of thioether (sulfide) groups is 1. The zero-order chi connectivity index (χ0) is 30.7. The standard InChI is InChI=1S/C26H25F6N5O3S2/c1-5-18(38)37-12(2)7-35(8-13(37)3)22-15-6-16(25(27,28)29)19(23-33-17(11-42-23)26(30,31)32)21-20(15)36(24(39)34-22)9-14(40-4)10-41-21/h5-6,11-14H,1,7-10H2,2-4H3/t12-,13+,14-/m0/s1. The average molecular weight is 634 g/mol. The van der Waals surface area contributed by atoms with Crippen molar-refractivity contribution in [3.05, 3.63) is 45.8 Å². The summed E-state index contributed by atoms with van der Waals surface area (Å²) in [7, 11) is 1.40. The maximum Gasteiger partial charge on any atom is 0.434 e. The van der Waals surface area contributed by atoms with Crippen LogP contribution in [0.5, 0.6) is 0 Å². The highest BCUT2D eigenvalue weighted by Crippen LogP contribution is 2.49. The van der Waals surface area contributed by atoms with Crippen LogP contribution < -0.4 is 10.6 Å². The summed E-state index contributed by atoms with van der Waals surface area (Å²) >= 11 is 1.41. The molecule has 1 aromatic carbocycles. The van der Waals surface area contributed by atoms with Crippen LogP contribution in [0.15, 0.2) is 33.8 Å². The second-order valence-corrected chi connectivity index (χ2v) is 12.0. The zero-order valence-electron chi connectivity index (χ0n) is 22.5. The molecule has 4 heterocycles. The van der Waals surface area contributed by atoms with Crippen LogP contribution in [0.25, 0.3) is 21.5 Å². The van der Waals surface area contributed by atoms with Gasteiger partial charge in [-0.1, -0.05) is 6.58 Å². The van der Waals surface area contributed by atoms with Crippen molar-refractivity contribution < 1.29 is 35.9 Å². The minimum Gasteiger partial charge on any atom is -0.379 e. The number of amides is 1. The molecule has 0 unspecified atom stereocenters. The first-order valence-electron chi connectivity index (χ1n) is 12.7. The third-order valence-corrected chi connectivity index (χ3v) is 9.38. The molecule has 1 saturated heterocycles. The van der Waals surface area contributed by atoms with E-state index in [1.165, 1.54) is 17.8 Å². The molecule has 3 aromatic rings. The van der Waals surface area contributed by atoms with Crippen molar-refractivity contribution in [3.63, 3.8) is 0 Å². The maximum absolute atomic E-state index is 14.7. The topological polar surface area (TPSA) is 80.6 Å². The lowest BCUT2D eigenvalue weighted by atomic mass is 10.0. The maximum atomic E-state index is 14.7. The van der Waals surface area contributed by atoms with Gasteiger partial charge in [0.2, 0.25) is 5.91 Å². The van der Waals surface area contributed by atoms with Gasteiger partial charge in [-0.2, -0.15) is 31.3 Å². The summed E-state index contributed by atoms with van der Waals surface area (Å²) < 4.78 is 91.0. The smallest absolute Gasteiger partial charge is 0.379 e. The molecule has 42 heavy (non-hydrogen) atoms. The molecule has 5 rings (SSSR count). The molecule has 0 saturated carbocycles. The van der Waals surface area contributed by atoms with Gasteiger partial charge in [0, 0.05) is 59.3 Å². The van der Waals surface area contributed by atoms with Crippen LogP contribution in [-0.4, -0.2) is 69.5 Å².